The molecule has 0 spiro atoms. The molecule has 128 valence electrons. The highest BCUT2D eigenvalue weighted by molar-refractivity contribution is 7.92. The van der Waals surface area contributed by atoms with Crippen LogP contribution in [-0.4, -0.2) is 18.5 Å². The van der Waals surface area contributed by atoms with E-state index >= 15 is 0 Å². The van der Waals surface area contributed by atoms with Gasteiger partial charge >= 0.3 is 0 Å². The van der Waals surface area contributed by atoms with Crippen LogP contribution in [0.1, 0.15) is 11.3 Å². The van der Waals surface area contributed by atoms with Gasteiger partial charge in [-0.1, -0.05) is 30.3 Å². The zero-order valence-corrected chi connectivity index (χ0v) is 14.7. The number of pyridine rings is 1. The van der Waals surface area contributed by atoms with Crippen molar-refractivity contribution in [3.05, 3.63) is 71.9 Å². The number of nitrogens with zero attached hydrogens (tertiary/aromatic N) is 1. The van der Waals surface area contributed by atoms with Crippen molar-refractivity contribution < 1.29 is 13.5 Å². The van der Waals surface area contributed by atoms with E-state index in [1.807, 2.05) is 6.07 Å². The number of aromatic hydroxyl groups is 1. The minimum Gasteiger partial charge on any atom is -0.508 e. The molecule has 0 aliphatic rings. The molecule has 0 amide bonds. The molecule has 0 saturated carbocycles. The van der Waals surface area contributed by atoms with E-state index < -0.39 is 10.0 Å². The molecule has 0 saturated heterocycles. The first-order chi connectivity index (χ1) is 11.8. The van der Waals surface area contributed by atoms with Crippen LogP contribution < -0.4 is 4.72 Å². The Hall–Kier alpha value is -2.86. The number of sulfonamides is 1. The van der Waals surface area contributed by atoms with Crippen LogP contribution in [0.3, 0.4) is 0 Å². The first-order valence-corrected chi connectivity index (χ1v) is 9.20. The number of aromatic nitrogens is 1. The lowest BCUT2D eigenvalue weighted by Gasteiger charge is -2.12. The van der Waals surface area contributed by atoms with E-state index in [1.165, 1.54) is 0 Å². The number of hydrogen-bond acceptors (Lipinski definition) is 4. The number of benzene rings is 2. The van der Waals surface area contributed by atoms with Gasteiger partial charge in [0.15, 0.2) is 0 Å². The topological polar surface area (TPSA) is 79.3 Å². The first-order valence-electron chi connectivity index (χ1n) is 7.72. The van der Waals surface area contributed by atoms with Gasteiger partial charge in [0.05, 0.1) is 4.90 Å². The summed E-state index contributed by atoms with van der Waals surface area (Å²) < 4.78 is 27.8. The molecule has 0 radical (unpaired) electrons. The lowest BCUT2D eigenvalue weighted by Crippen LogP contribution is -2.15. The Morgan fingerprint density at radius 2 is 1.60 bits per heavy atom. The van der Waals surface area contributed by atoms with Crippen molar-refractivity contribution in [2.75, 3.05) is 4.72 Å². The number of phenols is 1. The molecule has 0 bridgehead atoms. The Kier molecular flexibility index (Phi) is 4.46. The molecule has 0 aliphatic carbocycles. The molecular formula is C19H18N2O3S. The molecule has 0 unspecified atom stereocenters. The molecular weight excluding hydrogens is 336 g/mol. The molecule has 2 aromatic carbocycles. The predicted octanol–water partition coefficient (Wildman–Crippen LogP) is 3.87. The van der Waals surface area contributed by atoms with Crippen LogP contribution in [0.25, 0.3) is 11.1 Å². The highest BCUT2D eigenvalue weighted by Crippen LogP contribution is 2.26. The van der Waals surface area contributed by atoms with E-state index in [-0.39, 0.29) is 10.6 Å². The van der Waals surface area contributed by atoms with Crippen molar-refractivity contribution >= 4 is 15.8 Å². The van der Waals surface area contributed by atoms with Gasteiger partial charge in [-0.2, -0.15) is 0 Å². The second-order valence-corrected chi connectivity index (χ2v) is 7.45. The van der Waals surface area contributed by atoms with Gasteiger partial charge < -0.3 is 5.11 Å². The molecule has 1 heterocycles. The molecule has 1 aromatic heterocycles. The van der Waals surface area contributed by atoms with E-state index in [0.29, 0.717) is 11.4 Å². The minimum absolute atomic E-state index is 0.189. The zero-order valence-electron chi connectivity index (χ0n) is 13.9. The number of phenolic OH excluding ortho intramolecular Hbond substituents is 1. The van der Waals surface area contributed by atoms with Crippen LogP contribution in [-0.2, 0) is 10.0 Å². The Labute approximate surface area is 147 Å². The summed E-state index contributed by atoms with van der Waals surface area (Å²) in [6.45, 7) is 3.55. The molecule has 25 heavy (non-hydrogen) atoms. The van der Waals surface area contributed by atoms with Crippen molar-refractivity contribution in [2.45, 2.75) is 18.7 Å². The maximum absolute atomic E-state index is 12.6. The van der Waals surface area contributed by atoms with Crippen molar-refractivity contribution in [1.29, 1.82) is 0 Å². The van der Waals surface area contributed by atoms with Crippen molar-refractivity contribution in [3.63, 3.8) is 0 Å². The van der Waals surface area contributed by atoms with E-state index in [1.54, 1.807) is 68.4 Å². The maximum atomic E-state index is 12.6. The van der Waals surface area contributed by atoms with Crippen molar-refractivity contribution in [3.8, 4) is 16.9 Å². The number of aryl methyl sites for hydroxylation is 2. The zero-order chi connectivity index (χ0) is 18.0. The predicted molar refractivity (Wildman–Crippen MR) is 98.1 cm³/mol. The summed E-state index contributed by atoms with van der Waals surface area (Å²) in [5, 5.41) is 9.38. The average Bonchev–Trinajstić information content (AvgIpc) is 2.54. The molecule has 0 fully saturated rings. The second kappa shape index (κ2) is 6.57. The van der Waals surface area contributed by atoms with Crippen molar-refractivity contribution in [2.24, 2.45) is 0 Å². The van der Waals surface area contributed by atoms with Gasteiger partial charge in [-0.3, -0.25) is 4.72 Å². The van der Waals surface area contributed by atoms with Crippen LogP contribution in [0.2, 0.25) is 0 Å². The fraction of sp³-hybridized carbons (Fsp3) is 0.105. The summed E-state index contributed by atoms with van der Waals surface area (Å²) in [6, 6.07) is 17.1. The number of hydrogen-bond donors (Lipinski definition) is 2. The summed E-state index contributed by atoms with van der Waals surface area (Å²) in [7, 11) is -3.72. The van der Waals surface area contributed by atoms with E-state index in [2.05, 4.69) is 9.71 Å². The Morgan fingerprint density at radius 1 is 0.920 bits per heavy atom. The second-order valence-electron chi connectivity index (χ2n) is 5.80. The minimum atomic E-state index is -3.72. The average molecular weight is 354 g/mol. The Bertz CT molecular complexity index is 1010. The van der Waals surface area contributed by atoms with Gasteiger partial charge in [0.2, 0.25) is 0 Å². The fourth-order valence-corrected chi connectivity index (χ4v) is 3.81. The maximum Gasteiger partial charge on any atom is 0.263 e. The number of rotatable bonds is 4. The summed E-state index contributed by atoms with van der Waals surface area (Å²) in [5.74, 6) is 0.483. The van der Waals surface area contributed by atoms with Gasteiger partial charge in [-0.05, 0) is 60.9 Å². The van der Waals surface area contributed by atoms with Crippen LogP contribution in [0.15, 0.2) is 65.6 Å². The molecule has 0 atom stereocenters. The Morgan fingerprint density at radius 3 is 2.24 bits per heavy atom. The third-order valence-corrected chi connectivity index (χ3v) is 5.31. The molecule has 6 heteroatoms. The van der Waals surface area contributed by atoms with Gasteiger partial charge in [0.1, 0.15) is 11.6 Å². The van der Waals surface area contributed by atoms with E-state index in [9.17, 15) is 13.5 Å². The largest absolute Gasteiger partial charge is 0.508 e. The molecule has 2 N–H and O–H groups in total. The molecule has 5 nitrogen and oxygen atoms in total. The standard InChI is InChI=1S/C19H18N2O3S/c1-13-12-16(15-6-9-17(22)10-7-15)8-11-18(13)25(23,24)21-19-5-3-4-14(2)20-19/h3-12,22H,1-2H3,(H,20,21). The Balaban J connectivity index is 1.93. The van der Waals surface area contributed by atoms with Crippen LogP contribution in [0, 0.1) is 13.8 Å². The monoisotopic (exact) mass is 354 g/mol. The highest BCUT2D eigenvalue weighted by atomic mass is 32.2. The van der Waals surface area contributed by atoms with E-state index in [0.717, 1.165) is 16.8 Å². The smallest absolute Gasteiger partial charge is 0.263 e. The summed E-state index contributed by atoms with van der Waals surface area (Å²) >= 11 is 0. The van der Waals surface area contributed by atoms with Gasteiger partial charge in [0, 0.05) is 5.69 Å². The van der Waals surface area contributed by atoms with Crippen LogP contribution >= 0.6 is 0 Å². The van der Waals surface area contributed by atoms with Gasteiger partial charge in [0.25, 0.3) is 10.0 Å². The van der Waals surface area contributed by atoms with Gasteiger partial charge in [-0.25, -0.2) is 13.4 Å². The van der Waals surface area contributed by atoms with Crippen LogP contribution in [0.5, 0.6) is 5.75 Å². The summed E-state index contributed by atoms with van der Waals surface area (Å²) in [6.07, 6.45) is 0. The molecule has 3 rings (SSSR count). The van der Waals surface area contributed by atoms with Gasteiger partial charge in [-0.15, -0.1) is 0 Å². The molecule has 0 aliphatic heterocycles. The summed E-state index contributed by atoms with van der Waals surface area (Å²) in [5.41, 5.74) is 3.15. The quantitative estimate of drug-likeness (QED) is 0.745. The number of anilines is 1. The summed E-state index contributed by atoms with van der Waals surface area (Å²) in [4.78, 5) is 4.38. The third kappa shape index (κ3) is 3.80. The third-order valence-electron chi connectivity index (χ3n) is 3.79. The lowest BCUT2D eigenvalue weighted by atomic mass is 10.0. The van der Waals surface area contributed by atoms with E-state index in [4.69, 9.17) is 0 Å². The molecule has 3 aromatic rings. The fourth-order valence-electron chi connectivity index (χ4n) is 2.58. The lowest BCUT2D eigenvalue weighted by molar-refractivity contribution is 0.475. The normalized spacial score (nSPS) is 11.3. The SMILES string of the molecule is Cc1cccc(NS(=O)(=O)c2ccc(-c3ccc(O)cc3)cc2C)n1. The number of nitrogens with one attached hydrogen (secondary N) is 1. The highest BCUT2D eigenvalue weighted by Gasteiger charge is 2.18. The first kappa shape index (κ1) is 17.0. The van der Waals surface area contributed by atoms with Crippen molar-refractivity contribution in [1.82, 2.24) is 4.98 Å². The van der Waals surface area contributed by atoms with Crippen LogP contribution in [0.4, 0.5) is 5.82 Å².